The molecule has 0 saturated heterocycles. The van der Waals surface area contributed by atoms with E-state index in [0.717, 1.165) is 12.8 Å². The fourth-order valence-corrected chi connectivity index (χ4v) is 2.26. The lowest BCUT2D eigenvalue weighted by Gasteiger charge is -2.14. The van der Waals surface area contributed by atoms with E-state index in [1.54, 1.807) is 37.3 Å². The van der Waals surface area contributed by atoms with E-state index in [4.69, 9.17) is 4.42 Å². The van der Waals surface area contributed by atoms with Crippen LogP contribution in [0, 0.1) is 6.92 Å². The molecule has 0 aliphatic heterocycles. The molecule has 22 heavy (non-hydrogen) atoms. The monoisotopic (exact) mass is 300 g/mol. The average molecular weight is 300 g/mol. The van der Waals surface area contributed by atoms with E-state index in [2.05, 4.69) is 10.3 Å². The number of carboxylic acid groups (broad SMARTS) is 1. The van der Waals surface area contributed by atoms with Crippen molar-refractivity contribution >= 4 is 11.9 Å². The van der Waals surface area contributed by atoms with Crippen molar-refractivity contribution in [3.05, 3.63) is 53.2 Å². The van der Waals surface area contributed by atoms with Crippen molar-refractivity contribution in [2.24, 2.45) is 0 Å². The molecule has 6 heteroatoms. The summed E-state index contributed by atoms with van der Waals surface area (Å²) in [5.74, 6) is -0.741. The number of benzene rings is 1. The maximum atomic E-state index is 12.3. The van der Waals surface area contributed by atoms with Crippen LogP contribution < -0.4 is 5.32 Å². The molecule has 114 valence electrons. The zero-order valence-corrected chi connectivity index (χ0v) is 12.1. The predicted molar refractivity (Wildman–Crippen MR) is 77.5 cm³/mol. The van der Waals surface area contributed by atoms with Crippen LogP contribution in [0.15, 0.2) is 34.7 Å². The minimum Gasteiger partial charge on any atom is -0.479 e. The van der Waals surface area contributed by atoms with E-state index < -0.39 is 17.9 Å². The highest BCUT2D eigenvalue weighted by Crippen LogP contribution is 2.40. The standard InChI is InChI=1S/C16H16N2O4/c1-9-13(22-15(17-9)11-7-8-11)14(19)18-12(16(20)21)10-5-3-2-4-6-10/h2-6,11-12H,7-8H2,1H3,(H,18,19)(H,20,21)/t12-/m0/s1. The second-order valence-electron chi connectivity index (χ2n) is 5.40. The third-order valence-electron chi connectivity index (χ3n) is 3.60. The van der Waals surface area contributed by atoms with Gasteiger partial charge in [-0.2, -0.15) is 0 Å². The molecule has 1 aliphatic carbocycles. The summed E-state index contributed by atoms with van der Waals surface area (Å²) < 4.78 is 5.50. The largest absolute Gasteiger partial charge is 0.479 e. The number of carboxylic acids is 1. The van der Waals surface area contributed by atoms with Gasteiger partial charge in [-0.3, -0.25) is 4.79 Å². The van der Waals surface area contributed by atoms with Crippen LogP contribution in [0.25, 0.3) is 0 Å². The first-order chi connectivity index (χ1) is 10.6. The Morgan fingerprint density at radius 1 is 1.32 bits per heavy atom. The fourth-order valence-electron chi connectivity index (χ4n) is 2.26. The fraction of sp³-hybridized carbons (Fsp3) is 0.312. The van der Waals surface area contributed by atoms with Crippen LogP contribution in [0.4, 0.5) is 0 Å². The number of amides is 1. The van der Waals surface area contributed by atoms with Crippen molar-refractivity contribution in [1.29, 1.82) is 0 Å². The Morgan fingerprint density at radius 2 is 2.00 bits per heavy atom. The number of aryl methyl sites for hydroxylation is 1. The van der Waals surface area contributed by atoms with E-state index in [1.165, 1.54) is 0 Å². The minimum atomic E-state index is -1.13. The van der Waals surface area contributed by atoms with Crippen LogP contribution in [-0.4, -0.2) is 22.0 Å². The normalized spacial score (nSPS) is 15.3. The molecule has 0 unspecified atom stereocenters. The molecule has 2 N–H and O–H groups in total. The van der Waals surface area contributed by atoms with E-state index >= 15 is 0 Å². The molecule has 1 heterocycles. The van der Waals surface area contributed by atoms with Crippen LogP contribution >= 0.6 is 0 Å². The first-order valence-corrected chi connectivity index (χ1v) is 7.12. The number of hydrogen-bond acceptors (Lipinski definition) is 4. The van der Waals surface area contributed by atoms with Crippen molar-refractivity contribution < 1.29 is 19.1 Å². The maximum absolute atomic E-state index is 12.3. The number of nitrogens with zero attached hydrogens (tertiary/aromatic N) is 1. The molecular formula is C16H16N2O4. The number of hydrogen-bond donors (Lipinski definition) is 2. The van der Waals surface area contributed by atoms with Crippen molar-refractivity contribution in [1.82, 2.24) is 10.3 Å². The summed E-state index contributed by atoms with van der Waals surface area (Å²) in [5, 5.41) is 11.8. The van der Waals surface area contributed by atoms with Crippen LogP contribution in [0.3, 0.4) is 0 Å². The molecule has 1 fully saturated rings. The Labute approximate surface area is 127 Å². The van der Waals surface area contributed by atoms with Crippen LogP contribution in [0.1, 0.15) is 52.5 Å². The summed E-state index contributed by atoms with van der Waals surface area (Å²) in [6.07, 6.45) is 2.03. The Bertz CT molecular complexity index is 704. The van der Waals surface area contributed by atoms with Gasteiger partial charge in [0.05, 0.1) is 5.69 Å². The quantitative estimate of drug-likeness (QED) is 0.884. The SMILES string of the molecule is Cc1nc(C2CC2)oc1C(=O)N[C@H](C(=O)O)c1ccccc1. The third-order valence-corrected chi connectivity index (χ3v) is 3.60. The summed E-state index contributed by atoms with van der Waals surface area (Å²) in [7, 11) is 0. The molecular weight excluding hydrogens is 284 g/mol. The number of carbonyl (C=O) groups excluding carboxylic acids is 1. The van der Waals surface area contributed by atoms with Gasteiger partial charge in [0.25, 0.3) is 5.91 Å². The molecule has 1 aromatic carbocycles. The third kappa shape index (κ3) is 2.86. The summed E-state index contributed by atoms with van der Waals surface area (Å²) in [5.41, 5.74) is 0.986. The molecule has 1 saturated carbocycles. The molecule has 0 radical (unpaired) electrons. The summed E-state index contributed by atoms with van der Waals surface area (Å²) in [6, 6.07) is 7.42. The number of nitrogens with one attached hydrogen (secondary N) is 1. The van der Waals surface area contributed by atoms with Crippen LogP contribution in [-0.2, 0) is 4.79 Å². The first-order valence-electron chi connectivity index (χ1n) is 7.12. The molecule has 2 aromatic rings. The zero-order valence-electron chi connectivity index (χ0n) is 12.1. The molecule has 1 aromatic heterocycles. The maximum Gasteiger partial charge on any atom is 0.330 e. The van der Waals surface area contributed by atoms with Crippen LogP contribution in [0.5, 0.6) is 0 Å². The highest BCUT2D eigenvalue weighted by molar-refractivity contribution is 5.95. The van der Waals surface area contributed by atoms with Crippen molar-refractivity contribution in [3.8, 4) is 0 Å². The lowest BCUT2D eigenvalue weighted by atomic mass is 10.1. The number of carbonyl (C=O) groups is 2. The van der Waals surface area contributed by atoms with Crippen molar-refractivity contribution in [2.75, 3.05) is 0 Å². The zero-order chi connectivity index (χ0) is 15.7. The molecule has 1 aliphatic rings. The summed E-state index contributed by atoms with van der Waals surface area (Å²) >= 11 is 0. The van der Waals surface area contributed by atoms with Gasteiger partial charge in [-0.15, -0.1) is 0 Å². The molecule has 3 rings (SSSR count). The van der Waals surface area contributed by atoms with Gasteiger partial charge in [-0.25, -0.2) is 9.78 Å². The lowest BCUT2D eigenvalue weighted by molar-refractivity contribution is -0.139. The smallest absolute Gasteiger partial charge is 0.330 e. The number of oxazole rings is 1. The Balaban J connectivity index is 1.81. The molecule has 1 atom stereocenters. The topological polar surface area (TPSA) is 92.4 Å². The highest BCUT2D eigenvalue weighted by Gasteiger charge is 2.32. The van der Waals surface area contributed by atoms with E-state index in [1.807, 2.05) is 0 Å². The minimum absolute atomic E-state index is 0.0871. The van der Waals surface area contributed by atoms with Gasteiger partial charge in [0, 0.05) is 5.92 Å². The van der Waals surface area contributed by atoms with Gasteiger partial charge in [0.2, 0.25) is 5.76 Å². The lowest BCUT2D eigenvalue weighted by Crippen LogP contribution is -2.33. The molecule has 6 nitrogen and oxygen atoms in total. The van der Waals surface area contributed by atoms with Gasteiger partial charge >= 0.3 is 5.97 Å². The second kappa shape index (κ2) is 5.63. The summed E-state index contributed by atoms with van der Waals surface area (Å²) in [6.45, 7) is 1.68. The Hall–Kier alpha value is -2.63. The Kier molecular flexibility index (Phi) is 3.66. The van der Waals surface area contributed by atoms with Crippen molar-refractivity contribution in [3.63, 3.8) is 0 Å². The van der Waals surface area contributed by atoms with Crippen LogP contribution in [0.2, 0.25) is 0 Å². The number of rotatable bonds is 5. The number of aliphatic carboxylic acids is 1. The highest BCUT2D eigenvalue weighted by atomic mass is 16.4. The Morgan fingerprint density at radius 3 is 2.59 bits per heavy atom. The predicted octanol–water partition coefficient (Wildman–Crippen LogP) is 2.42. The van der Waals surface area contributed by atoms with E-state index in [0.29, 0.717) is 23.1 Å². The number of aromatic nitrogens is 1. The molecule has 1 amide bonds. The first kappa shape index (κ1) is 14.3. The molecule has 0 spiro atoms. The summed E-state index contributed by atoms with van der Waals surface area (Å²) in [4.78, 5) is 28.0. The van der Waals surface area contributed by atoms with Gasteiger partial charge in [0.15, 0.2) is 11.9 Å². The van der Waals surface area contributed by atoms with E-state index in [9.17, 15) is 14.7 Å². The van der Waals surface area contributed by atoms with Gasteiger partial charge < -0.3 is 14.8 Å². The van der Waals surface area contributed by atoms with E-state index in [-0.39, 0.29) is 5.76 Å². The average Bonchev–Trinajstić information content (AvgIpc) is 3.28. The van der Waals surface area contributed by atoms with Crippen molar-refractivity contribution in [2.45, 2.75) is 31.7 Å². The van der Waals surface area contributed by atoms with Gasteiger partial charge in [-0.1, -0.05) is 30.3 Å². The second-order valence-corrected chi connectivity index (χ2v) is 5.40. The van der Waals surface area contributed by atoms with Gasteiger partial charge in [-0.05, 0) is 25.3 Å². The van der Waals surface area contributed by atoms with Gasteiger partial charge in [0.1, 0.15) is 0 Å². The molecule has 0 bridgehead atoms.